The van der Waals surface area contributed by atoms with Crippen LogP contribution in [-0.4, -0.2) is 23.7 Å². The maximum Gasteiger partial charge on any atom is 0.328 e. The van der Waals surface area contributed by atoms with Gasteiger partial charge < -0.3 is 10.0 Å². The van der Waals surface area contributed by atoms with E-state index in [0.29, 0.717) is 16.6 Å². The van der Waals surface area contributed by atoms with E-state index in [1.165, 1.54) is 6.08 Å². The number of halogens is 1. The summed E-state index contributed by atoms with van der Waals surface area (Å²) in [5.74, 6) is -0.979. The summed E-state index contributed by atoms with van der Waals surface area (Å²) in [4.78, 5) is 12.7. The zero-order chi connectivity index (χ0) is 13.7. The van der Waals surface area contributed by atoms with Gasteiger partial charge in [-0.25, -0.2) is 4.79 Å². The van der Waals surface area contributed by atoms with Crippen molar-refractivity contribution in [2.75, 3.05) is 11.4 Å². The van der Waals surface area contributed by atoms with Gasteiger partial charge in [0.25, 0.3) is 0 Å². The fourth-order valence-electron chi connectivity index (χ4n) is 1.84. The molecule has 0 heterocycles. The van der Waals surface area contributed by atoms with E-state index < -0.39 is 5.97 Å². The number of benzene rings is 1. The maximum absolute atomic E-state index is 10.5. The normalized spacial score (nSPS) is 11.2. The predicted molar refractivity (Wildman–Crippen MR) is 76.3 cm³/mol. The van der Waals surface area contributed by atoms with Crippen LogP contribution in [0, 0.1) is 0 Å². The average molecular weight is 268 g/mol. The third-order valence-electron chi connectivity index (χ3n) is 2.69. The summed E-state index contributed by atoms with van der Waals surface area (Å²) in [6.45, 7) is 7.23. The first-order chi connectivity index (χ1) is 8.45. The van der Waals surface area contributed by atoms with Gasteiger partial charge in [0.05, 0.1) is 0 Å². The molecule has 0 saturated heterocycles. The van der Waals surface area contributed by atoms with Crippen LogP contribution in [0.3, 0.4) is 0 Å². The highest BCUT2D eigenvalue weighted by Crippen LogP contribution is 2.25. The Morgan fingerprint density at radius 2 is 2.17 bits per heavy atom. The maximum atomic E-state index is 10.5. The summed E-state index contributed by atoms with van der Waals surface area (Å²) in [5, 5.41) is 9.14. The van der Waals surface area contributed by atoms with Gasteiger partial charge in [0.1, 0.15) is 0 Å². The third kappa shape index (κ3) is 3.77. The molecule has 0 aliphatic rings. The minimum atomic E-state index is -0.979. The van der Waals surface area contributed by atoms with Gasteiger partial charge in [-0.15, -0.1) is 0 Å². The molecule has 1 aromatic rings. The lowest BCUT2D eigenvalue weighted by molar-refractivity contribution is -0.131. The molecule has 0 aliphatic carbocycles. The molecular weight excluding hydrogens is 250 g/mol. The molecule has 0 amide bonds. The van der Waals surface area contributed by atoms with Gasteiger partial charge in [-0.1, -0.05) is 17.7 Å². The molecule has 0 saturated carbocycles. The Morgan fingerprint density at radius 1 is 1.50 bits per heavy atom. The van der Waals surface area contributed by atoms with E-state index in [0.717, 1.165) is 18.3 Å². The Labute approximate surface area is 113 Å². The molecule has 0 fully saturated rings. The number of carboxylic acid groups (broad SMARTS) is 1. The van der Waals surface area contributed by atoms with Gasteiger partial charge in [0.15, 0.2) is 0 Å². The molecule has 0 bridgehead atoms. The van der Waals surface area contributed by atoms with Crippen LogP contribution in [0.2, 0.25) is 5.02 Å². The Morgan fingerprint density at radius 3 is 2.61 bits per heavy atom. The molecule has 0 atom stereocenters. The van der Waals surface area contributed by atoms with E-state index in [1.807, 2.05) is 18.2 Å². The number of anilines is 1. The predicted octanol–water partition coefficient (Wildman–Crippen LogP) is 3.67. The second-order valence-corrected chi connectivity index (χ2v) is 4.66. The highest BCUT2D eigenvalue weighted by Gasteiger charge is 2.09. The lowest BCUT2D eigenvalue weighted by atomic mass is 10.1. The van der Waals surface area contributed by atoms with Crippen LogP contribution in [0.25, 0.3) is 6.08 Å². The lowest BCUT2D eigenvalue weighted by Gasteiger charge is -2.27. The van der Waals surface area contributed by atoms with E-state index >= 15 is 0 Å². The van der Waals surface area contributed by atoms with Crippen LogP contribution < -0.4 is 4.90 Å². The van der Waals surface area contributed by atoms with E-state index in [4.69, 9.17) is 16.7 Å². The van der Waals surface area contributed by atoms with Crippen molar-refractivity contribution < 1.29 is 9.90 Å². The van der Waals surface area contributed by atoms with Gasteiger partial charge in [0, 0.05) is 29.4 Å². The fraction of sp³-hybridized carbons (Fsp3) is 0.357. The van der Waals surface area contributed by atoms with Crippen molar-refractivity contribution >= 4 is 29.3 Å². The van der Waals surface area contributed by atoms with Gasteiger partial charge in [-0.3, -0.25) is 0 Å². The monoisotopic (exact) mass is 267 g/mol. The standard InChI is InChI=1S/C14H18ClNO2/c1-4-16(10(2)3)12-7-5-11(13(15)9-12)6-8-14(17)18/h5-10H,4H2,1-3H3,(H,17,18)/b8-6+. The van der Waals surface area contributed by atoms with Crippen molar-refractivity contribution in [1.82, 2.24) is 0 Å². The summed E-state index contributed by atoms with van der Waals surface area (Å²) in [6, 6.07) is 6.05. The number of hydrogen-bond acceptors (Lipinski definition) is 2. The van der Waals surface area contributed by atoms with Crippen molar-refractivity contribution in [1.29, 1.82) is 0 Å². The highest BCUT2D eigenvalue weighted by atomic mass is 35.5. The molecular formula is C14H18ClNO2. The molecule has 1 rings (SSSR count). The number of nitrogens with zero attached hydrogens (tertiary/aromatic N) is 1. The zero-order valence-corrected chi connectivity index (χ0v) is 11.6. The van der Waals surface area contributed by atoms with Crippen molar-refractivity contribution in [3.05, 3.63) is 34.9 Å². The van der Waals surface area contributed by atoms with E-state index in [1.54, 1.807) is 0 Å². The largest absolute Gasteiger partial charge is 0.478 e. The fourth-order valence-corrected chi connectivity index (χ4v) is 2.07. The van der Waals surface area contributed by atoms with E-state index in [2.05, 4.69) is 25.7 Å². The number of rotatable bonds is 5. The van der Waals surface area contributed by atoms with Crippen LogP contribution in [0.1, 0.15) is 26.3 Å². The SMILES string of the molecule is CCN(c1ccc(/C=C/C(=O)O)c(Cl)c1)C(C)C. The van der Waals surface area contributed by atoms with Gasteiger partial charge >= 0.3 is 5.97 Å². The number of aliphatic carboxylic acids is 1. The first kappa shape index (κ1) is 14.6. The molecule has 1 aromatic carbocycles. The quantitative estimate of drug-likeness (QED) is 0.828. The molecule has 3 nitrogen and oxygen atoms in total. The van der Waals surface area contributed by atoms with Crippen LogP contribution in [0.5, 0.6) is 0 Å². The number of carboxylic acids is 1. The van der Waals surface area contributed by atoms with E-state index in [-0.39, 0.29) is 0 Å². The second-order valence-electron chi connectivity index (χ2n) is 4.26. The van der Waals surface area contributed by atoms with Crippen LogP contribution in [0.15, 0.2) is 24.3 Å². The minimum absolute atomic E-state index is 0.395. The van der Waals surface area contributed by atoms with Gasteiger partial charge in [-0.05, 0) is 44.5 Å². The molecule has 1 N–H and O–H groups in total. The lowest BCUT2D eigenvalue weighted by Crippen LogP contribution is -2.30. The molecule has 18 heavy (non-hydrogen) atoms. The smallest absolute Gasteiger partial charge is 0.328 e. The summed E-state index contributed by atoms with van der Waals surface area (Å²) < 4.78 is 0. The first-order valence-electron chi connectivity index (χ1n) is 5.93. The molecule has 4 heteroatoms. The van der Waals surface area contributed by atoms with Crippen molar-refractivity contribution in [2.45, 2.75) is 26.8 Å². The first-order valence-corrected chi connectivity index (χ1v) is 6.30. The van der Waals surface area contributed by atoms with Crippen molar-refractivity contribution in [3.63, 3.8) is 0 Å². The summed E-state index contributed by atoms with van der Waals surface area (Å²) in [5.41, 5.74) is 1.76. The molecule has 0 aliphatic heterocycles. The topological polar surface area (TPSA) is 40.5 Å². The van der Waals surface area contributed by atoms with Gasteiger partial charge in [0.2, 0.25) is 0 Å². The summed E-state index contributed by atoms with van der Waals surface area (Å²) >= 11 is 6.15. The minimum Gasteiger partial charge on any atom is -0.478 e. The Hall–Kier alpha value is -1.48. The Balaban J connectivity index is 3.01. The van der Waals surface area contributed by atoms with Crippen LogP contribution in [0.4, 0.5) is 5.69 Å². The Bertz CT molecular complexity index is 455. The van der Waals surface area contributed by atoms with Crippen LogP contribution >= 0.6 is 11.6 Å². The highest BCUT2D eigenvalue weighted by molar-refractivity contribution is 6.32. The van der Waals surface area contributed by atoms with Crippen molar-refractivity contribution in [2.24, 2.45) is 0 Å². The summed E-state index contributed by atoms with van der Waals surface area (Å²) in [6.07, 6.45) is 2.58. The molecule has 0 aromatic heterocycles. The second kappa shape index (κ2) is 6.45. The zero-order valence-electron chi connectivity index (χ0n) is 10.9. The summed E-state index contributed by atoms with van der Waals surface area (Å²) in [7, 11) is 0. The third-order valence-corrected chi connectivity index (χ3v) is 3.01. The average Bonchev–Trinajstić information content (AvgIpc) is 2.28. The molecule has 0 unspecified atom stereocenters. The molecule has 0 spiro atoms. The van der Waals surface area contributed by atoms with E-state index in [9.17, 15) is 4.79 Å². The van der Waals surface area contributed by atoms with Crippen LogP contribution in [-0.2, 0) is 4.79 Å². The molecule has 98 valence electrons. The number of hydrogen-bond donors (Lipinski definition) is 1. The van der Waals surface area contributed by atoms with Gasteiger partial charge in [-0.2, -0.15) is 0 Å². The van der Waals surface area contributed by atoms with Crippen molar-refractivity contribution in [3.8, 4) is 0 Å². The molecule has 0 radical (unpaired) electrons. The number of carbonyl (C=O) groups is 1. The Kier molecular flexibility index (Phi) is 5.23.